The summed E-state index contributed by atoms with van der Waals surface area (Å²) in [6.07, 6.45) is 38.3. The molecule has 0 saturated carbocycles. The minimum Gasteiger partial charge on any atom is -0.462 e. The Balaban J connectivity index is 4.26. The normalized spacial score (nSPS) is 14.5. The molecule has 0 aliphatic heterocycles. The summed E-state index contributed by atoms with van der Waals surface area (Å²) in [5, 5.41) is 20.0. The molecule has 0 fully saturated rings. The van der Waals surface area contributed by atoms with Crippen LogP contribution in [0, 0.1) is 0 Å². The van der Waals surface area contributed by atoms with Crippen molar-refractivity contribution in [3.05, 3.63) is 72.9 Å². The third-order valence-electron chi connectivity index (χ3n) is 7.91. The van der Waals surface area contributed by atoms with Crippen LogP contribution in [0.5, 0.6) is 0 Å². The molecule has 0 aromatic rings. The zero-order chi connectivity index (χ0) is 38.5. The average Bonchev–Trinajstić information content (AvgIpc) is 3.10. The van der Waals surface area contributed by atoms with Crippen LogP contribution in [0.25, 0.3) is 0 Å². The van der Waals surface area contributed by atoms with Crippen molar-refractivity contribution in [2.45, 2.75) is 161 Å². The van der Waals surface area contributed by atoms with E-state index < -0.39 is 44.7 Å². The first-order valence-electron chi connectivity index (χ1n) is 19.4. The zero-order valence-corrected chi connectivity index (χ0v) is 32.8. The molecule has 0 rings (SSSR count). The third kappa shape index (κ3) is 37.2. The van der Waals surface area contributed by atoms with Crippen LogP contribution in [0.2, 0.25) is 0 Å². The molecule has 4 N–H and O–H groups in total. The number of carbonyl (C=O) groups excluding carboxylic acids is 2. The second-order valence-corrected chi connectivity index (χ2v) is 14.2. The summed E-state index contributed by atoms with van der Waals surface area (Å²) in [5.74, 6) is -1.14. The van der Waals surface area contributed by atoms with Crippen LogP contribution in [-0.4, -0.2) is 63.5 Å². The second-order valence-electron chi connectivity index (χ2n) is 12.9. The van der Waals surface area contributed by atoms with E-state index in [1.807, 2.05) is 30.4 Å². The molecule has 0 saturated heterocycles. The summed E-state index contributed by atoms with van der Waals surface area (Å²) in [4.78, 5) is 42.7. The number of rotatable bonds is 34. The maximum absolute atomic E-state index is 12.4. The standard InChI is InChI=1S/C41H69O10P/c1-3-5-7-8-9-10-11-12-13-14-15-16-20-23-27-33-40(44)49-35-39(36-50-52(46,47)48)51-41(45)34-28-32-38(43)31-26-22-19-17-18-21-25-30-37(42)29-24-6-4-2/h9-10,12-13,18-19,21-22,25-26,30-31,37-39,42-43H,3-8,11,14-17,20,23-24,27-29,32-36H2,1-2H3,(H2,46,47,48)/b10-9-,13-12-,21-18-,22-19-,30-25+,31-26+/t37-,38-,39-/m1/s1. The summed E-state index contributed by atoms with van der Waals surface area (Å²) >= 11 is 0. The van der Waals surface area contributed by atoms with Gasteiger partial charge in [0.05, 0.1) is 18.8 Å². The van der Waals surface area contributed by atoms with Gasteiger partial charge in [0.15, 0.2) is 6.10 Å². The molecule has 0 unspecified atom stereocenters. The highest BCUT2D eigenvalue weighted by Crippen LogP contribution is 2.36. The van der Waals surface area contributed by atoms with Crippen LogP contribution in [0.3, 0.4) is 0 Å². The minimum atomic E-state index is -4.82. The molecule has 11 heteroatoms. The largest absolute Gasteiger partial charge is 0.469 e. The van der Waals surface area contributed by atoms with E-state index in [0.29, 0.717) is 25.7 Å². The van der Waals surface area contributed by atoms with E-state index in [0.717, 1.165) is 70.6 Å². The number of aliphatic hydroxyl groups excluding tert-OH is 2. The molecule has 0 spiro atoms. The van der Waals surface area contributed by atoms with Gasteiger partial charge in [0, 0.05) is 12.8 Å². The number of ether oxygens (including phenoxy) is 2. The molecule has 0 aromatic carbocycles. The fraction of sp³-hybridized carbons (Fsp3) is 0.659. The van der Waals surface area contributed by atoms with Crippen LogP contribution in [0.15, 0.2) is 72.9 Å². The third-order valence-corrected chi connectivity index (χ3v) is 8.39. The van der Waals surface area contributed by atoms with E-state index in [2.05, 4.69) is 42.7 Å². The molecule has 0 heterocycles. The number of allylic oxidation sites excluding steroid dienone is 10. The molecule has 298 valence electrons. The molecule has 10 nitrogen and oxygen atoms in total. The van der Waals surface area contributed by atoms with Crippen LogP contribution >= 0.6 is 7.82 Å². The van der Waals surface area contributed by atoms with Crippen molar-refractivity contribution in [2.24, 2.45) is 0 Å². The maximum Gasteiger partial charge on any atom is 0.469 e. The lowest BCUT2D eigenvalue weighted by molar-refractivity contribution is -0.161. The van der Waals surface area contributed by atoms with E-state index in [1.165, 1.54) is 19.3 Å². The minimum absolute atomic E-state index is 0.0430. The van der Waals surface area contributed by atoms with Gasteiger partial charge >= 0.3 is 19.8 Å². The van der Waals surface area contributed by atoms with Gasteiger partial charge in [-0.25, -0.2) is 4.57 Å². The van der Waals surface area contributed by atoms with Gasteiger partial charge in [-0.05, 0) is 64.2 Å². The highest BCUT2D eigenvalue weighted by Gasteiger charge is 2.23. The Labute approximate surface area is 314 Å². The molecule has 0 aliphatic rings. The number of hydrogen-bond acceptors (Lipinski definition) is 8. The SMILES string of the molecule is CCCCC/C=C\C/C=C\CCCCCCCC(=O)OC[C@H](COP(=O)(O)O)OC(=O)CCC[C@H](O)/C=C/C=C\C/C=C\C=C\[C@H](O)CCCCC. The Kier molecular flexibility index (Phi) is 33.7. The molecular weight excluding hydrogens is 683 g/mol. The predicted octanol–water partition coefficient (Wildman–Crippen LogP) is 9.45. The predicted molar refractivity (Wildman–Crippen MR) is 209 cm³/mol. The lowest BCUT2D eigenvalue weighted by Gasteiger charge is -2.18. The summed E-state index contributed by atoms with van der Waals surface area (Å²) in [6.45, 7) is 3.33. The fourth-order valence-corrected chi connectivity index (χ4v) is 5.27. The van der Waals surface area contributed by atoms with Gasteiger partial charge < -0.3 is 29.5 Å². The molecule has 0 aromatic heterocycles. The van der Waals surface area contributed by atoms with Crippen molar-refractivity contribution in [1.82, 2.24) is 0 Å². The van der Waals surface area contributed by atoms with Gasteiger partial charge in [0.25, 0.3) is 0 Å². The molecule has 0 radical (unpaired) electrons. The van der Waals surface area contributed by atoms with Crippen molar-refractivity contribution in [1.29, 1.82) is 0 Å². The molecule has 0 amide bonds. The van der Waals surface area contributed by atoms with Crippen LogP contribution in [0.4, 0.5) is 0 Å². The molecular formula is C41H69O10P. The van der Waals surface area contributed by atoms with Gasteiger partial charge in [-0.1, -0.05) is 138 Å². The Hall–Kier alpha value is -2.59. The summed E-state index contributed by atoms with van der Waals surface area (Å²) in [5.41, 5.74) is 0. The number of unbranched alkanes of at least 4 members (excludes halogenated alkanes) is 10. The quantitative estimate of drug-likeness (QED) is 0.0164. The van der Waals surface area contributed by atoms with Crippen molar-refractivity contribution >= 4 is 19.8 Å². The van der Waals surface area contributed by atoms with Crippen LogP contribution < -0.4 is 0 Å². The molecule has 0 aliphatic carbocycles. The number of esters is 2. The number of hydrogen-bond donors (Lipinski definition) is 4. The Morgan fingerprint density at radius 1 is 0.596 bits per heavy atom. The van der Waals surface area contributed by atoms with Gasteiger partial charge in [0.2, 0.25) is 0 Å². The fourth-order valence-electron chi connectivity index (χ4n) is 4.91. The lowest BCUT2D eigenvalue weighted by Crippen LogP contribution is -2.29. The van der Waals surface area contributed by atoms with E-state index >= 15 is 0 Å². The maximum atomic E-state index is 12.4. The van der Waals surface area contributed by atoms with Crippen LogP contribution in [0.1, 0.15) is 142 Å². The summed E-state index contributed by atoms with van der Waals surface area (Å²) < 4.78 is 26.2. The van der Waals surface area contributed by atoms with Crippen molar-refractivity contribution in [2.75, 3.05) is 13.2 Å². The van der Waals surface area contributed by atoms with E-state index in [-0.39, 0.29) is 19.4 Å². The summed E-state index contributed by atoms with van der Waals surface area (Å²) in [7, 11) is -4.82. The highest BCUT2D eigenvalue weighted by atomic mass is 31.2. The topological polar surface area (TPSA) is 160 Å². The highest BCUT2D eigenvalue weighted by molar-refractivity contribution is 7.46. The van der Waals surface area contributed by atoms with Gasteiger partial charge in [-0.15, -0.1) is 0 Å². The first-order chi connectivity index (χ1) is 25.1. The number of phosphoric ester groups is 1. The van der Waals surface area contributed by atoms with E-state index in [1.54, 1.807) is 18.2 Å². The first kappa shape index (κ1) is 49.4. The van der Waals surface area contributed by atoms with E-state index in [4.69, 9.17) is 19.3 Å². The Morgan fingerprint density at radius 2 is 1.12 bits per heavy atom. The van der Waals surface area contributed by atoms with Crippen LogP contribution in [-0.2, 0) is 28.2 Å². The molecule has 3 atom stereocenters. The van der Waals surface area contributed by atoms with Gasteiger partial charge in [-0.2, -0.15) is 0 Å². The van der Waals surface area contributed by atoms with Crippen molar-refractivity contribution in [3.63, 3.8) is 0 Å². The van der Waals surface area contributed by atoms with Crippen molar-refractivity contribution < 1.29 is 48.2 Å². The second kappa shape index (κ2) is 35.4. The number of aliphatic hydroxyl groups is 2. The van der Waals surface area contributed by atoms with E-state index in [9.17, 15) is 24.4 Å². The van der Waals surface area contributed by atoms with Gasteiger partial charge in [-0.3, -0.25) is 14.1 Å². The monoisotopic (exact) mass is 752 g/mol. The Bertz CT molecular complexity index is 1100. The number of phosphoric acid groups is 1. The first-order valence-corrected chi connectivity index (χ1v) is 21.0. The van der Waals surface area contributed by atoms with Crippen molar-refractivity contribution in [3.8, 4) is 0 Å². The Morgan fingerprint density at radius 3 is 1.73 bits per heavy atom. The smallest absolute Gasteiger partial charge is 0.462 e. The average molecular weight is 753 g/mol. The lowest BCUT2D eigenvalue weighted by atomic mass is 10.1. The van der Waals surface area contributed by atoms with Gasteiger partial charge in [0.1, 0.15) is 6.61 Å². The molecule has 52 heavy (non-hydrogen) atoms. The summed E-state index contributed by atoms with van der Waals surface area (Å²) in [6, 6.07) is 0. The molecule has 0 bridgehead atoms. The number of carbonyl (C=O) groups is 2. The zero-order valence-electron chi connectivity index (χ0n) is 31.9.